The van der Waals surface area contributed by atoms with E-state index < -0.39 is 6.10 Å². The highest BCUT2D eigenvalue weighted by molar-refractivity contribution is 6.30. The molecule has 4 heteroatoms. The summed E-state index contributed by atoms with van der Waals surface area (Å²) in [6.45, 7) is 7.43. The number of piperidine rings is 1. The maximum Gasteiger partial charge on any atom is 0.122 e. The average molecular weight is 298 g/mol. The summed E-state index contributed by atoms with van der Waals surface area (Å²) in [4.78, 5) is 2.32. The Labute approximate surface area is 126 Å². The summed E-state index contributed by atoms with van der Waals surface area (Å²) >= 11 is 5.91. The van der Waals surface area contributed by atoms with Crippen LogP contribution in [0.5, 0.6) is 5.75 Å². The monoisotopic (exact) mass is 297 g/mol. The third-order valence-corrected chi connectivity index (χ3v) is 4.15. The maximum atomic E-state index is 10.1. The third-order valence-electron chi connectivity index (χ3n) is 3.91. The predicted octanol–water partition coefficient (Wildman–Crippen LogP) is 3.12. The third kappa shape index (κ3) is 4.65. The number of benzene rings is 1. The number of β-amino-alcohol motifs (C(OH)–C–C–N with tert-alkyl or cyclic N) is 1. The lowest BCUT2D eigenvalue weighted by atomic mass is 9.99. The fourth-order valence-electron chi connectivity index (χ4n) is 2.56. The second-order valence-corrected chi connectivity index (χ2v) is 6.29. The molecular weight excluding hydrogens is 274 g/mol. The molecule has 0 saturated carbocycles. The van der Waals surface area contributed by atoms with Crippen molar-refractivity contribution in [3.63, 3.8) is 0 Å². The van der Waals surface area contributed by atoms with Gasteiger partial charge in [0.1, 0.15) is 18.5 Å². The van der Waals surface area contributed by atoms with Crippen LogP contribution in [-0.4, -0.2) is 42.4 Å². The molecule has 0 radical (unpaired) electrons. The van der Waals surface area contributed by atoms with Gasteiger partial charge in [0.15, 0.2) is 0 Å². The maximum absolute atomic E-state index is 10.1. The molecule has 1 fully saturated rings. The first-order valence-corrected chi connectivity index (χ1v) is 7.72. The van der Waals surface area contributed by atoms with Crippen LogP contribution >= 0.6 is 11.6 Å². The van der Waals surface area contributed by atoms with Gasteiger partial charge in [-0.1, -0.05) is 18.5 Å². The molecule has 2 rings (SSSR count). The van der Waals surface area contributed by atoms with Crippen LogP contribution in [0.4, 0.5) is 0 Å². The van der Waals surface area contributed by atoms with Crippen LogP contribution in [0.15, 0.2) is 18.2 Å². The first-order valence-electron chi connectivity index (χ1n) is 7.34. The van der Waals surface area contributed by atoms with Crippen LogP contribution in [0.3, 0.4) is 0 Å². The number of aliphatic hydroxyl groups is 1. The SMILES string of the molecule is Cc1cc(Cl)ccc1OC[C@H](O)CN1CCC(C)CC1. The number of aliphatic hydroxyl groups excluding tert-OH is 1. The van der Waals surface area contributed by atoms with E-state index in [4.69, 9.17) is 16.3 Å². The van der Waals surface area contributed by atoms with Gasteiger partial charge < -0.3 is 14.7 Å². The minimum atomic E-state index is -0.446. The number of likely N-dealkylation sites (tertiary alicyclic amines) is 1. The zero-order valence-corrected chi connectivity index (χ0v) is 13.1. The van der Waals surface area contributed by atoms with Gasteiger partial charge in [-0.15, -0.1) is 0 Å². The number of nitrogens with zero attached hydrogens (tertiary/aromatic N) is 1. The number of halogens is 1. The van der Waals surface area contributed by atoms with Crippen LogP contribution in [0, 0.1) is 12.8 Å². The summed E-state index contributed by atoms with van der Waals surface area (Å²) in [7, 11) is 0. The van der Waals surface area contributed by atoms with Crippen molar-refractivity contribution in [3.05, 3.63) is 28.8 Å². The quantitative estimate of drug-likeness (QED) is 0.906. The molecule has 1 aromatic carbocycles. The number of rotatable bonds is 5. The van der Waals surface area contributed by atoms with E-state index in [1.807, 2.05) is 25.1 Å². The fraction of sp³-hybridized carbons (Fsp3) is 0.625. The Kier molecular flexibility index (Phi) is 5.70. The first kappa shape index (κ1) is 15.6. The van der Waals surface area contributed by atoms with E-state index in [0.717, 1.165) is 30.3 Å². The first-order chi connectivity index (χ1) is 9.54. The Morgan fingerprint density at radius 1 is 1.40 bits per heavy atom. The van der Waals surface area contributed by atoms with Crippen molar-refractivity contribution in [2.24, 2.45) is 5.92 Å². The Balaban J connectivity index is 1.76. The van der Waals surface area contributed by atoms with E-state index in [0.29, 0.717) is 18.2 Å². The molecule has 1 heterocycles. The number of ether oxygens (including phenoxy) is 1. The highest BCUT2D eigenvalue weighted by Gasteiger charge is 2.18. The van der Waals surface area contributed by atoms with E-state index >= 15 is 0 Å². The Hall–Kier alpha value is -0.770. The van der Waals surface area contributed by atoms with Crippen molar-refractivity contribution in [2.75, 3.05) is 26.2 Å². The minimum Gasteiger partial charge on any atom is -0.491 e. The summed E-state index contributed by atoms with van der Waals surface area (Å²) in [5, 5.41) is 10.8. The van der Waals surface area contributed by atoms with Crippen LogP contribution in [0.1, 0.15) is 25.3 Å². The fourth-order valence-corrected chi connectivity index (χ4v) is 2.78. The molecule has 1 N–H and O–H groups in total. The van der Waals surface area contributed by atoms with Gasteiger partial charge in [-0.25, -0.2) is 0 Å². The molecule has 20 heavy (non-hydrogen) atoms. The molecule has 0 aliphatic carbocycles. The number of aryl methyl sites for hydroxylation is 1. The lowest BCUT2D eigenvalue weighted by Crippen LogP contribution is -2.40. The Bertz CT molecular complexity index is 430. The normalized spacial score (nSPS) is 19.0. The highest BCUT2D eigenvalue weighted by Crippen LogP contribution is 2.22. The molecule has 0 unspecified atom stereocenters. The molecule has 1 aromatic rings. The summed E-state index contributed by atoms with van der Waals surface area (Å²) in [5.74, 6) is 1.61. The standard InChI is InChI=1S/C16H24ClNO2/c1-12-5-7-18(8-6-12)10-15(19)11-20-16-4-3-14(17)9-13(16)2/h3-4,9,12,15,19H,5-8,10-11H2,1-2H3/t15-/m1/s1. The predicted molar refractivity (Wildman–Crippen MR) is 82.5 cm³/mol. The van der Waals surface area contributed by atoms with Crippen molar-refractivity contribution >= 4 is 11.6 Å². The summed E-state index contributed by atoms with van der Waals surface area (Å²) in [5.41, 5.74) is 0.997. The van der Waals surface area contributed by atoms with E-state index in [9.17, 15) is 5.11 Å². The summed E-state index contributed by atoms with van der Waals surface area (Å²) in [6, 6.07) is 5.53. The summed E-state index contributed by atoms with van der Waals surface area (Å²) in [6.07, 6.45) is 2.01. The molecule has 0 aromatic heterocycles. The molecule has 112 valence electrons. The average Bonchev–Trinajstić information content (AvgIpc) is 2.40. The van der Waals surface area contributed by atoms with E-state index in [-0.39, 0.29) is 0 Å². The van der Waals surface area contributed by atoms with Crippen molar-refractivity contribution in [1.82, 2.24) is 4.90 Å². The molecule has 0 amide bonds. The second kappa shape index (κ2) is 7.30. The molecular formula is C16H24ClNO2. The molecule has 0 spiro atoms. The van der Waals surface area contributed by atoms with Gasteiger partial charge in [0, 0.05) is 11.6 Å². The van der Waals surface area contributed by atoms with Gasteiger partial charge >= 0.3 is 0 Å². The lowest BCUT2D eigenvalue weighted by molar-refractivity contribution is 0.0561. The van der Waals surface area contributed by atoms with E-state index in [1.165, 1.54) is 12.8 Å². The van der Waals surface area contributed by atoms with Crippen molar-refractivity contribution in [3.8, 4) is 5.75 Å². The van der Waals surface area contributed by atoms with Gasteiger partial charge in [0.25, 0.3) is 0 Å². The van der Waals surface area contributed by atoms with Gasteiger partial charge in [0.05, 0.1) is 0 Å². The zero-order chi connectivity index (χ0) is 14.5. The largest absolute Gasteiger partial charge is 0.491 e. The number of hydrogen-bond acceptors (Lipinski definition) is 3. The molecule has 1 atom stereocenters. The molecule has 1 aliphatic rings. The topological polar surface area (TPSA) is 32.7 Å². The molecule has 1 saturated heterocycles. The Morgan fingerprint density at radius 3 is 2.75 bits per heavy atom. The van der Waals surface area contributed by atoms with Gasteiger partial charge in [-0.2, -0.15) is 0 Å². The smallest absolute Gasteiger partial charge is 0.122 e. The summed E-state index contributed by atoms with van der Waals surface area (Å²) < 4.78 is 5.68. The van der Waals surface area contributed by atoms with Crippen LogP contribution in [0.2, 0.25) is 5.02 Å². The van der Waals surface area contributed by atoms with Crippen molar-refractivity contribution < 1.29 is 9.84 Å². The van der Waals surface area contributed by atoms with E-state index in [2.05, 4.69) is 11.8 Å². The van der Waals surface area contributed by atoms with Gasteiger partial charge in [-0.3, -0.25) is 0 Å². The lowest BCUT2D eigenvalue weighted by Gasteiger charge is -2.31. The highest BCUT2D eigenvalue weighted by atomic mass is 35.5. The van der Waals surface area contributed by atoms with Crippen LogP contribution in [0.25, 0.3) is 0 Å². The molecule has 0 bridgehead atoms. The van der Waals surface area contributed by atoms with Crippen molar-refractivity contribution in [2.45, 2.75) is 32.8 Å². The van der Waals surface area contributed by atoms with Gasteiger partial charge in [0.2, 0.25) is 0 Å². The van der Waals surface area contributed by atoms with E-state index in [1.54, 1.807) is 0 Å². The number of hydrogen-bond donors (Lipinski definition) is 1. The minimum absolute atomic E-state index is 0.328. The zero-order valence-electron chi connectivity index (χ0n) is 12.3. The second-order valence-electron chi connectivity index (χ2n) is 5.86. The molecule has 1 aliphatic heterocycles. The van der Waals surface area contributed by atoms with Gasteiger partial charge in [-0.05, 0) is 62.5 Å². The van der Waals surface area contributed by atoms with Crippen LogP contribution in [-0.2, 0) is 0 Å². The van der Waals surface area contributed by atoms with Crippen molar-refractivity contribution in [1.29, 1.82) is 0 Å². The Morgan fingerprint density at radius 2 is 2.10 bits per heavy atom. The van der Waals surface area contributed by atoms with Crippen LogP contribution < -0.4 is 4.74 Å². The molecule has 3 nitrogen and oxygen atoms in total.